The fourth-order valence-electron chi connectivity index (χ4n) is 10.6. The molecule has 4 heterocycles. The fourth-order valence-corrected chi connectivity index (χ4v) is 10.6. The van der Waals surface area contributed by atoms with Gasteiger partial charge in [0.15, 0.2) is 0 Å². The third-order valence-corrected chi connectivity index (χ3v) is 13.1. The molecule has 0 bridgehead atoms. The van der Waals surface area contributed by atoms with Gasteiger partial charge in [0.05, 0.1) is 5.41 Å². The van der Waals surface area contributed by atoms with Crippen LogP contribution >= 0.6 is 0 Å². The second-order valence-corrected chi connectivity index (χ2v) is 15.8. The molecule has 262 valence electrons. The Kier molecular flexibility index (Phi) is 6.90. The normalized spacial score (nSPS) is 29.7. The first-order chi connectivity index (χ1) is 26.1. The number of allylic oxidation sites excluding steroid dienone is 11. The summed E-state index contributed by atoms with van der Waals surface area (Å²) in [7, 11) is 0. The van der Waals surface area contributed by atoms with Crippen LogP contribution < -0.4 is 9.47 Å². The summed E-state index contributed by atoms with van der Waals surface area (Å²) in [6.45, 7) is 3.19. The maximum atomic E-state index is 7.07. The Morgan fingerprint density at radius 3 is 2.58 bits per heavy atom. The minimum absolute atomic E-state index is 0.0348. The van der Waals surface area contributed by atoms with Gasteiger partial charge in [-0.1, -0.05) is 110 Å². The molecule has 8 aliphatic rings. The van der Waals surface area contributed by atoms with Crippen molar-refractivity contribution in [3.05, 3.63) is 195 Å². The Bertz CT molecular complexity index is 2360. The third kappa shape index (κ3) is 4.48. The van der Waals surface area contributed by atoms with Crippen molar-refractivity contribution in [1.82, 2.24) is 4.90 Å². The molecular weight excluding hydrogens is 649 g/mol. The van der Waals surface area contributed by atoms with Crippen molar-refractivity contribution in [2.45, 2.75) is 68.9 Å². The SMILES string of the molecule is CC12C=CCCC1N(C1=CC=CCC1)C1=C2CC(c2ccc3c(c2)OC2CC=CC=C2C32c3ccccc3Oc3cc(C4=CC=CC[N-]4)ccc32)C=C1. The zero-order valence-electron chi connectivity index (χ0n) is 30.2. The maximum absolute atomic E-state index is 7.07. The monoisotopic (exact) mass is 691 g/mol. The maximum Gasteiger partial charge on any atom is 0.132 e. The van der Waals surface area contributed by atoms with E-state index in [0.717, 1.165) is 66.2 Å². The standard InChI is InChI=1S/C49H43N2O2/c1-48-27-11-9-20-47(48)51(35-13-3-2-4-14-35)42-26-23-32(29-40(42)48)33-21-24-38-45(30-33)52-43-18-7-5-15-36(43)49(38)37-16-6-8-19-44(37)53-46-31-34(22-25-39(46)49)41-17-10-12-28-50-41/h2-3,5-8,10-13,15-17,19,21-27,30-32,43,47H,4,9,14,18,20,28-29H2,1H3/q-1. The highest BCUT2D eigenvalue weighted by Gasteiger charge is 2.54. The Morgan fingerprint density at radius 1 is 0.811 bits per heavy atom. The molecule has 4 heteroatoms. The van der Waals surface area contributed by atoms with Crippen molar-refractivity contribution in [3.8, 4) is 17.2 Å². The Hall–Kier alpha value is -5.48. The van der Waals surface area contributed by atoms with E-state index in [4.69, 9.17) is 14.8 Å². The molecule has 4 aliphatic carbocycles. The predicted octanol–water partition coefficient (Wildman–Crippen LogP) is 11.6. The molecule has 11 rings (SSSR count). The van der Waals surface area contributed by atoms with E-state index < -0.39 is 5.41 Å². The number of para-hydroxylation sites is 1. The summed E-state index contributed by atoms with van der Waals surface area (Å²) in [6, 6.07) is 22.9. The molecule has 5 unspecified atom stereocenters. The lowest BCUT2D eigenvalue weighted by atomic mass is 9.59. The molecular formula is C49H43N2O2-. The smallest absolute Gasteiger partial charge is 0.132 e. The molecule has 0 saturated heterocycles. The Balaban J connectivity index is 1.04. The summed E-state index contributed by atoms with van der Waals surface area (Å²) < 4.78 is 13.9. The minimum Gasteiger partial charge on any atom is -0.681 e. The van der Waals surface area contributed by atoms with E-state index in [1.165, 1.54) is 40.1 Å². The molecule has 0 aromatic heterocycles. The van der Waals surface area contributed by atoms with Crippen LogP contribution in [0.15, 0.2) is 162 Å². The van der Waals surface area contributed by atoms with Crippen molar-refractivity contribution < 1.29 is 9.47 Å². The first-order valence-electron chi connectivity index (χ1n) is 19.5. The van der Waals surface area contributed by atoms with E-state index in [2.05, 4.69) is 151 Å². The number of hydrogen-bond donors (Lipinski definition) is 0. The lowest BCUT2D eigenvalue weighted by Gasteiger charge is -2.49. The minimum atomic E-state index is -0.554. The number of nitrogens with zero attached hydrogens (tertiary/aromatic N) is 2. The van der Waals surface area contributed by atoms with E-state index in [1.54, 1.807) is 5.57 Å². The van der Waals surface area contributed by atoms with Crippen molar-refractivity contribution in [2.24, 2.45) is 5.41 Å². The average Bonchev–Trinajstić information content (AvgIpc) is 3.48. The lowest BCUT2D eigenvalue weighted by molar-refractivity contribution is 0.201. The van der Waals surface area contributed by atoms with Crippen LogP contribution in [0.25, 0.3) is 11.0 Å². The van der Waals surface area contributed by atoms with Crippen LogP contribution in [-0.4, -0.2) is 23.6 Å². The summed E-state index contributed by atoms with van der Waals surface area (Å²) in [5.41, 5.74) is 12.1. The van der Waals surface area contributed by atoms with Crippen molar-refractivity contribution >= 4 is 5.70 Å². The summed E-state index contributed by atoms with van der Waals surface area (Å²) in [5, 5.41) is 4.78. The number of benzene rings is 3. The quantitative estimate of drug-likeness (QED) is 0.257. The van der Waals surface area contributed by atoms with Crippen LogP contribution in [0.3, 0.4) is 0 Å². The number of ether oxygens (including phenoxy) is 2. The van der Waals surface area contributed by atoms with Crippen molar-refractivity contribution in [3.63, 3.8) is 0 Å². The van der Waals surface area contributed by atoms with Gasteiger partial charge in [0.1, 0.15) is 23.4 Å². The first kappa shape index (κ1) is 31.1. The molecule has 4 aliphatic heterocycles. The topological polar surface area (TPSA) is 35.8 Å². The lowest BCUT2D eigenvalue weighted by Crippen LogP contribution is -2.45. The van der Waals surface area contributed by atoms with Crippen LogP contribution in [0, 0.1) is 5.41 Å². The van der Waals surface area contributed by atoms with Gasteiger partial charge < -0.3 is 19.7 Å². The largest absolute Gasteiger partial charge is 0.681 e. The molecule has 4 nitrogen and oxygen atoms in total. The second kappa shape index (κ2) is 11.8. The molecule has 0 amide bonds. The van der Waals surface area contributed by atoms with Gasteiger partial charge >= 0.3 is 0 Å². The molecule has 3 aromatic rings. The molecule has 3 aromatic carbocycles. The highest BCUT2D eigenvalue weighted by atomic mass is 16.5. The second-order valence-electron chi connectivity index (χ2n) is 15.8. The van der Waals surface area contributed by atoms with E-state index in [0.29, 0.717) is 12.6 Å². The van der Waals surface area contributed by atoms with E-state index in [-0.39, 0.29) is 17.4 Å². The van der Waals surface area contributed by atoms with Gasteiger partial charge in [-0.2, -0.15) is 0 Å². The number of hydrogen-bond acceptors (Lipinski definition) is 3. The van der Waals surface area contributed by atoms with Gasteiger partial charge in [-0.3, -0.25) is 0 Å². The Labute approximate surface area is 312 Å². The van der Waals surface area contributed by atoms with Crippen LogP contribution in [0.4, 0.5) is 0 Å². The van der Waals surface area contributed by atoms with E-state index in [1.807, 2.05) is 0 Å². The summed E-state index contributed by atoms with van der Waals surface area (Å²) in [4.78, 5) is 2.71. The first-order valence-corrected chi connectivity index (χ1v) is 19.5. The van der Waals surface area contributed by atoms with Gasteiger partial charge in [0.25, 0.3) is 0 Å². The molecule has 0 saturated carbocycles. The average molecular weight is 692 g/mol. The van der Waals surface area contributed by atoms with Gasteiger partial charge in [0.2, 0.25) is 0 Å². The Morgan fingerprint density at radius 2 is 1.68 bits per heavy atom. The van der Waals surface area contributed by atoms with Crippen LogP contribution in [-0.2, 0) is 5.41 Å². The summed E-state index contributed by atoms with van der Waals surface area (Å²) in [6.07, 6.45) is 36.1. The van der Waals surface area contributed by atoms with Crippen LogP contribution in [0.2, 0.25) is 0 Å². The zero-order chi connectivity index (χ0) is 35.1. The van der Waals surface area contributed by atoms with Crippen molar-refractivity contribution in [1.29, 1.82) is 0 Å². The van der Waals surface area contributed by atoms with Gasteiger partial charge in [-0.25, -0.2) is 0 Å². The van der Waals surface area contributed by atoms with Crippen molar-refractivity contribution in [2.75, 3.05) is 6.54 Å². The molecule has 1 spiro atoms. The van der Waals surface area contributed by atoms with E-state index in [9.17, 15) is 0 Å². The summed E-state index contributed by atoms with van der Waals surface area (Å²) in [5.74, 6) is 3.02. The highest BCUT2D eigenvalue weighted by Crippen LogP contribution is 2.62. The van der Waals surface area contributed by atoms with Gasteiger partial charge in [-0.05, 0) is 84.7 Å². The molecule has 0 radical (unpaired) electrons. The molecule has 53 heavy (non-hydrogen) atoms. The molecule has 0 fully saturated rings. The third-order valence-electron chi connectivity index (χ3n) is 13.1. The summed E-state index contributed by atoms with van der Waals surface area (Å²) >= 11 is 0. The highest BCUT2D eigenvalue weighted by molar-refractivity contribution is 5.80. The fraction of sp³-hybridized carbons (Fsp3) is 0.265. The van der Waals surface area contributed by atoms with Gasteiger partial charge in [0, 0.05) is 51.9 Å². The number of rotatable bonds is 3. The van der Waals surface area contributed by atoms with Crippen LogP contribution in [0.5, 0.6) is 17.2 Å². The van der Waals surface area contributed by atoms with Gasteiger partial charge in [-0.15, -0.1) is 18.3 Å². The van der Waals surface area contributed by atoms with E-state index >= 15 is 0 Å². The molecule has 5 atom stereocenters. The van der Waals surface area contributed by atoms with Crippen LogP contribution in [0.1, 0.15) is 79.2 Å². The predicted molar refractivity (Wildman–Crippen MR) is 213 cm³/mol. The zero-order valence-corrected chi connectivity index (χ0v) is 30.2. The number of fused-ring (bicyclic) bond motifs is 10. The molecule has 0 N–H and O–H groups in total.